The van der Waals surface area contributed by atoms with Gasteiger partial charge in [-0.15, -0.1) is 0 Å². The summed E-state index contributed by atoms with van der Waals surface area (Å²) in [6, 6.07) is 7.84. The molecule has 0 aliphatic carbocycles. The average molecular weight is 306 g/mol. The van der Waals surface area contributed by atoms with E-state index in [0.29, 0.717) is 6.42 Å². The number of benzene rings is 1. The highest BCUT2D eigenvalue weighted by Crippen LogP contribution is 2.04. The first-order chi connectivity index (χ1) is 10.4. The Balaban J connectivity index is 2.72. The molecule has 0 saturated carbocycles. The molecule has 22 heavy (non-hydrogen) atoms. The first kappa shape index (κ1) is 17.7. The van der Waals surface area contributed by atoms with Crippen LogP contribution in [-0.4, -0.2) is 36.5 Å². The molecular formula is C16H22N2O4. The minimum absolute atomic E-state index is 0.248. The number of hydrogen-bond donors (Lipinski definition) is 2. The number of hydrogen-bond acceptors (Lipinski definition) is 4. The fourth-order valence-electron chi connectivity index (χ4n) is 1.94. The molecule has 1 rings (SSSR count). The Morgan fingerprint density at radius 3 is 2.32 bits per heavy atom. The summed E-state index contributed by atoms with van der Waals surface area (Å²) in [5.74, 6) is -1.23. The molecule has 0 aliphatic rings. The van der Waals surface area contributed by atoms with Crippen LogP contribution in [0.5, 0.6) is 0 Å². The van der Waals surface area contributed by atoms with Crippen molar-refractivity contribution >= 4 is 17.8 Å². The van der Waals surface area contributed by atoms with E-state index in [4.69, 9.17) is 4.74 Å². The highest BCUT2D eigenvalue weighted by molar-refractivity contribution is 5.90. The smallest absolute Gasteiger partial charge is 0.328 e. The van der Waals surface area contributed by atoms with Crippen molar-refractivity contribution in [3.63, 3.8) is 0 Å². The van der Waals surface area contributed by atoms with E-state index in [1.54, 1.807) is 13.8 Å². The molecule has 2 amide bonds. The molecule has 0 radical (unpaired) electrons. The fourth-order valence-corrected chi connectivity index (χ4v) is 1.94. The molecule has 2 atom stereocenters. The molecule has 0 unspecified atom stereocenters. The van der Waals surface area contributed by atoms with Crippen molar-refractivity contribution in [3.05, 3.63) is 35.9 Å². The van der Waals surface area contributed by atoms with Crippen molar-refractivity contribution in [2.45, 2.75) is 39.3 Å². The fraction of sp³-hybridized carbons (Fsp3) is 0.438. The monoisotopic (exact) mass is 306 g/mol. The van der Waals surface area contributed by atoms with Crippen molar-refractivity contribution in [3.8, 4) is 0 Å². The van der Waals surface area contributed by atoms with Gasteiger partial charge in [-0.2, -0.15) is 0 Å². The summed E-state index contributed by atoms with van der Waals surface area (Å²) in [7, 11) is 0. The number of nitrogens with one attached hydrogen (secondary N) is 2. The SMILES string of the molecule is CCOC(=O)[C@H](C)NC(=O)[C@@H](Cc1ccccc1)NC(C)=O. The van der Waals surface area contributed by atoms with Crippen LogP contribution in [0.4, 0.5) is 0 Å². The molecule has 2 N–H and O–H groups in total. The Morgan fingerprint density at radius 2 is 1.77 bits per heavy atom. The largest absolute Gasteiger partial charge is 0.464 e. The van der Waals surface area contributed by atoms with Crippen molar-refractivity contribution in [1.29, 1.82) is 0 Å². The third-order valence-electron chi connectivity index (χ3n) is 2.98. The predicted octanol–water partition coefficient (Wildman–Crippen LogP) is 0.802. The van der Waals surface area contributed by atoms with Gasteiger partial charge in [0.25, 0.3) is 0 Å². The maximum Gasteiger partial charge on any atom is 0.328 e. The summed E-state index contributed by atoms with van der Waals surface area (Å²) in [6.07, 6.45) is 0.349. The number of rotatable bonds is 7. The van der Waals surface area contributed by atoms with E-state index in [2.05, 4.69) is 10.6 Å². The van der Waals surface area contributed by atoms with Crippen LogP contribution in [0.2, 0.25) is 0 Å². The van der Waals surface area contributed by atoms with E-state index in [1.807, 2.05) is 30.3 Å². The second kappa shape index (κ2) is 8.81. The van der Waals surface area contributed by atoms with Crippen molar-refractivity contribution in [2.24, 2.45) is 0 Å². The predicted molar refractivity (Wildman–Crippen MR) is 82.0 cm³/mol. The summed E-state index contributed by atoms with van der Waals surface area (Å²) < 4.78 is 4.84. The Labute approximate surface area is 130 Å². The Morgan fingerprint density at radius 1 is 1.14 bits per heavy atom. The van der Waals surface area contributed by atoms with Gasteiger partial charge in [0.1, 0.15) is 12.1 Å². The van der Waals surface area contributed by atoms with Gasteiger partial charge in [-0.3, -0.25) is 9.59 Å². The lowest BCUT2D eigenvalue weighted by Crippen LogP contribution is -2.51. The number of ether oxygens (including phenoxy) is 1. The molecular weight excluding hydrogens is 284 g/mol. The van der Waals surface area contributed by atoms with E-state index >= 15 is 0 Å². The van der Waals surface area contributed by atoms with Gasteiger partial charge in [0.15, 0.2) is 0 Å². The van der Waals surface area contributed by atoms with Gasteiger partial charge in [0, 0.05) is 13.3 Å². The van der Waals surface area contributed by atoms with E-state index in [0.717, 1.165) is 5.56 Å². The first-order valence-electron chi connectivity index (χ1n) is 7.22. The van der Waals surface area contributed by atoms with Gasteiger partial charge in [0.05, 0.1) is 6.61 Å². The number of esters is 1. The lowest BCUT2D eigenvalue weighted by atomic mass is 10.0. The van der Waals surface area contributed by atoms with Crippen LogP contribution in [0.3, 0.4) is 0 Å². The molecule has 0 saturated heterocycles. The Hall–Kier alpha value is -2.37. The topological polar surface area (TPSA) is 84.5 Å². The highest BCUT2D eigenvalue weighted by Gasteiger charge is 2.24. The lowest BCUT2D eigenvalue weighted by molar-refractivity contribution is -0.147. The third kappa shape index (κ3) is 5.95. The third-order valence-corrected chi connectivity index (χ3v) is 2.98. The molecule has 6 heteroatoms. The zero-order chi connectivity index (χ0) is 16.5. The van der Waals surface area contributed by atoms with Crippen LogP contribution >= 0.6 is 0 Å². The summed E-state index contributed by atoms with van der Waals surface area (Å²) in [6.45, 7) is 4.84. The summed E-state index contributed by atoms with van der Waals surface area (Å²) in [5.41, 5.74) is 0.917. The normalized spacial score (nSPS) is 12.9. The van der Waals surface area contributed by atoms with Crippen molar-refractivity contribution in [1.82, 2.24) is 10.6 Å². The molecule has 0 aromatic heterocycles. The maximum absolute atomic E-state index is 12.3. The minimum atomic E-state index is -0.764. The minimum Gasteiger partial charge on any atom is -0.464 e. The summed E-state index contributed by atoms with van der Waals surface area (Å²) >= 11 is 0. The second-order valence-electron chi connectivity index (χ2n) is 4.93. The molecule has 0 bridgehead atoms. The molecule has 0 aliphatic heterocycles. The van der Waals surface area contributed by atoms with Gasteiger partial charge in [-0.25, -0.2) is 4.79 Å². The van der Waals surface area contributed by atoms with Crippen LogP contribution < -0.4 is 10.6 Å². The average Bonchev–Trinajstić information content (AvgIpc) is 2.47. The van der Waals surface area contributed by atoms with E-state index in [9.17, 15) is 14.4 Å². The molecule has 0 fully saturated rings. The van der Waals surface area contributed by atoms with E-state index in [1.165, 1.54) is 6.92 Å². The molecule has 1 aromatic carbocycles. The standard InChI is InChI=1S/C16H22N2O4/c1-4-22-16(21)11(2)17-15(20)14(18-12(3)19)10-13-8-6-5-7-9-13/h5-9,11,14H,4,10H2,1-3H3,(H,17,20)(H,18,19)/t11-,14+/m0/s1. The highest BCUT2D eigenvalue weighted by atomic mass is 16.5. The van der Waals surface area contributed by atoms with Gasteiger partial charge in [-0.05, 0) is 19.4 Å². The van der Waals surface area contributed by atoms with Crippen molar-refractivity contribution in [2.75, 3.05) is 6.61 Å². The number of amides is 2. The molecule has 0 spiro atoms. The van der Waals surface area contributed by atoms with Crippen LogP contribution in [-0.2, 0) is 25.5 Å². The zero-order valence-corrected chi connectivity index (χ0v) is 13.1. The Kier molecular flexibility index (Phi) is 7.08. The quantitative estimate of drug-likeness (QED) is 0.730. The number of carbonyl (C=O) groups is 3. The molecule has 120 valence electrons. The first-order valence-corrected chi connectivity index (χ1v) is 7.22. The van der Waals surface area contributed by atoms with Gasteiger partial charge >= 0.3 is 5.97 Å². The van der Waals surface area contributed by atoms with Gasteiger partial charge in [-0.1, -0.05) is 30.3 Å². The second-order valence-corrected chi connectivity index (χ2v) is 4.93. The van der Waals surface area contributed by atoms with E-state index in [-0.39, 0.29) is 12.5 Å². The zero-order valence-electron chi connectivity index (χ0n) is 13.1. The maximum atomic E-state index is 12.3. The van der Waals surface area contributed by atoms with Gasteiger partial charge in [0.2, 0.25) is 11.8 Å². The van der Waals surface area contributed by atoms with Crippen LogP contribution in [0.25, 0.3) is 0 Å². The lowest BCUT2D eigenvalue weighted by Gasteiger charge is -2.20. The van der Waals surface area contributed by atoms with Gasteiger partial charge < -0.3 is 15.4 Å². The number of carbonyl (C=O) groups excluding carboxylic acids is 3. The summed E-state index contributed by atoms with van der Waals surface area (Å²) in [4.78, 5) is 35.1. The van der Waals surface area contributed by atoms with E-state index < -0.39 is 24.0 Å². The van der Waals surface area contributed by atoms with Crippen LogP contribution in [0.1, 0.15) is 26.3 Å². The molecule has 6 nitrogen and oxygen atoms in total. The molecule has 0 heterocycles. The van der Waals surface area contributed by atoms with Crippen LogP contribution in [0, 0.1) is 0 Å². The van der Waals surface area contributed by atoms with Crippen molar-refractivity contribution < 1.29 is 19.1 Å². The molecule has 1 aromatic rings. The van der Waals surface area contributed by atoms with Crippen LogP contribution in [0.15, 0.2) is 30.3 Å². The summed E-state index contributed by atoms with van der Waals surface area (Å²) in [5, 5.41) is 5.16. The Bertz CT molecular complexity index is 516.